The number of aryl methyl sites for hydroxylation is 1. The van der Waals surface area contributed by atoms with Gasteiger partial charge in [0.25, 0.3) is 5.91 Å². The van der Waals surface area contributed by atoms with Crippen LogP contribution in [0.4, 0.5) is 17.5 Å². The second-order valence-electron chi connectivity index (χ2n) is 7.61. The van der Waals surface area contributed by atoms with Crippen molar-refractivity contribution in [2.75, 3.05) is 43.4 Å². The van der Waals surface area contributed by atoms with Crippen LogP contribution in [0.15, 0.2) is 36.7 Å². The number of piperazine rings is 1. The summed E-state index contributed by atoms with van der Waals surface area (Å²) in [6, 6.07) is 9.63. The van der Waals surface area contributed by atoms with Gasteiger partial charge in [-0.1, -0.05) is 0 Å². The Kier molecular flexibility index (Phi) is 6.28. The van der Waals surface area contributed by atoms with Crippen LogP contribution in [-0.2, 0) is 6.54 Å². The number of pyridine rings is 2. The second kappa shape index (κ2) is 9.45. The normalized spacial score (nSPS) is 14.1. The number of carbonyl (C=O) groups excluding carboxylic acids is 1. The summed E-state index contributed by atoms with van der Waals surface area (Å²) in [4.78, 5) is 32.3. The fourth-order valence-electron chi connectivity index (χ4n) is 3.69. The number of aromatic nitrogens is 4. The van der Waals surface area contributed by atoms with Crippen molar-refractivity contribution in [3.8, 4) is 6.07 Å². The van der Waals surface area contributed by atoms with E-state index in [4.69, 9.17) is 0 Å². The molecule has 3 aromatic heterocycles. The number of hydrogen-bond donors (Lipinski definition) is 3. The lowest BCUT2D eigenvalue weighted by Gasteiger charge is -2.36. The number of amides is 1. The highest BCUT2D eigenvalue weighted by Gasteiger charge is 2.21. The third kappa shape index (κ3) is 4.84. The molecule has 3 aromatic rings. The molecule has 0 atom stereocenters. The molecule has 164 valence electrons. The lowest BCUT2D eigenvalue weighted by molar-refractivity contribution is 0.0958. The first-order valence-corrected chi connectivity index (χ1v) is 10.4. The molecule has 10 heteroatoms. The van der Waals surface area contributed by atoms with Crippen LogP contribution in [0.2, 0.25) is 0 Å². The number of hydrogen-bond acceptors (Lipinski definition) is 8. The van der Waals surface area contributed by atoms with Gasteiger partial charge >= 0.3 is 0 Å². The van der Waals surface area contributed by atoms with E-state index in [1.54, 1.807) is 25.5 Å². The SMILES string of the molecule is CNC(=O)c1ccc(N2CCN(Cc3ccnc(Nc4ncc(C)[nH]4)c3)CC2)c(C#N)n1. The predicted octanol–water partition coefficient (Wildman–Crippen LogP) is 1.81. The van der Waals surface area contributed by atoms with Crippen molar-refractivity contribution in [3.63, 3.8) is 0 Å². The minimum atomic E-state index is -0.300. The maximum Gasteiger partial charge on any atom is 0.269 e. The lowest BCUT2D eigenvalue weighted by atomic mass is 10.2. The van der Waals surface area contributed by atoms with Gasteiger partial charge in [-0.2, -0.15) is 5.26 Å². The quantitative estimate of drug-likeness (QED) is 0.539. The van der Waals surface area contributed by atoms with Crippen molar-refractivity contribution in [2.45, 2.75) is 13.5 Å². The van der Waals surface area contributed by atoms with E-state index in [-0.39, 0.29) is 17.3 Å². The Morgan fingerprint density at radius 2 is 2.03 bits per heavy atom. The number of H-pyrrole nitrogens is 1. The molecular weight excluding hydrogens is 406 g/mol. The Bertz CT molecular complexity index is 1140. The van der Waals surface area contributed by atoms with Crippen LogP contribution in [0, 0.1) is 18.3 Å². The first kappa shape index (κ1) is 21.3. The zero-order valence-corrected chi connectivity index (χ0v) is 18.1. The predicted molar refractivity (Wildman–Crippen MR) is 121 cm³/mol. The zero-order chi connectivity index (χ0) is 22.5. The second-order valence-corrected chi connectivity index (χ2v) is 7.61. The molecule has 0 unspecified atom stereocenters. The van der Waals surface area contributed by atoms with Crippen LogP contribution in [0.3, 0.4) is 0 Å². The Hall–Kier alpha value is -3.97. The number of aromatic amines is 1. The molecule has 1 aliphatic heterocycles. The fourth-order valence-corrected chi connectivity index (χ4v) is 3.69. The summed E-state index contributed by atoms with van der Waals surface area (Å²) >= 11 is 0. The van der Waals surface area contributed by atoms with E-state index in [2.05, 4.69) is 46.4 Å². The minimum Gasteiger partial charge on any atom is -0.367 e. The van der Waals surface area contributed by atoms with Crippen LogP contribution in [0.5, 0.6) is 0 Å². The maximum atomic E-state index is 11.8. The van der Waals surface area contributed by atoms with Gasteiger partial charge in [0.1, 0.15) is 17.6 Å². The van der Waals surface area contributed by atoms with E-state index in [0.717, 1.165) is 55.5 Å². The van der Waals surface area contributed by atoms with Gasteiger partial charge in [0.2, 0.25) is 5.95 Å². The van der Waals surface area contributed by atoms with Gasteiger partial charge < -0.3 is 20.5 Å². The van der Waals surface area contributed by atoms with Crippen molar-refractivity contribution < 1.29 is 4.79 Å². The number of rotatable bonds is 6. The van der Waals surface area contributed by atoms with Crippen LogP contribution in [0.25, 0.3) is 0 Å². The van der Waals surface area contributed by atoms with Gasteiger partial charge in [-0.3, -0.25) is 9.69 Å². The molecule has 4 rings (SSSR count). The summed E-state index contributed by atoms with van der Waals surface area (Å²) < 4.78 is 0. The Morgan fingerprint density at radius 3 is 2.72 bits per heavy atom. The lowest BCUT2D eigenvalue weighted by Crippen LogP contribution is -2.46. The number of imidazole rings is 1. The molecule has 1 amide bonds. The van der Waals surface area contributed by atoms with Gasteiger partial charge in [-0.15, -0.1) is 0 Å². The summed E-state index contributed by atoms with van der Waals surface area (Å²) in [5.74, 6) is 1.12. The standard InChI is InChI=1S/C22H25N9O/c1-15-13-26-22(27-15)29-20-11-16(5-6-25-20)14-30-7-9-31(10-8-30)19-4-3-17(21(32)24-2)28-18(19)12-23/h3-6,11,13H,7-10,14H2,1-2H3,(H,24,32)(H2,25,26,27,29). The Morgan fingerprint density at radius 1 is 1.22 bits per heavy atom. The van der Waals surface area contributed by atoms with Crippen LogP contribution < -0.4 is 15.5 Å². The number of carbonyl (C=O) groups is 1. The summed E-state index contributed by atoms with van der Waals surface area (Å²) in [7, 11) is 1.54. The van der Waals surface area contributed by atoms with Gasteiger partial charge in [0.15, 0.2) is 5.69 Å². The number of anilines is 3. The molecule has 32 heavy (non-hydrogen) atoms. The van der Waals surface area contributed by atoms with Crippen LogP contribution in [0.1, 0.15) is 27.4 Å². The van der Waals surface area contributed by atoms with Crippen molar-refractivity contribution in [1.82, 2.24) is 30.2 Å². The summed E-state index contributed by atoms with van der Waals surface area (Å²) in [5, 5.41) is 15.2. The minimum absolute atomic E-state index is 0.248. The van der Waals surface area contributed by atoms with E-state index in [9.17, 15) is 10.1 Å². The Balaban J connectivity index is 1.37. The smallest absolute Gasteiger partial charge is 0.269 e. The van der Waals surface area contributed by atoms with Gasteiger partial charge in [0.05, 0.1) is 5.69 Å². The number of nitrogens with one attached hydrogen (secondary N) is 3. The first-order chi connectivity index (χ1) is 15.6. The highest BCUT2D eigenvalue weighted by molar-refractivity contribution is 5.92. The summed E-state index contributed by atoms with van der Waals surface area (Å²) in [5.41, 5.74) is 3.44. The molecule has 0 bridgehead atoms. The molecule has 10 nitrogen and oxygen atoms in total. The van der Waals surface area contributed by atoms with Crippen molar-refractivity contribution in [2.24, 2.45) is 0 Å². The van der Waals surface area contributed by atoms with Crippen LogP contribution in [-0.4, -0.2) is 64.0 Å². The molecule has 3 N–H and O–H groups in total. The van der Waals surface area contributed by atoms with Crippen molar-refractivity contribution >= 4 is 23.4 Å². The van der Waals surface area contributed by atoms with E-state index in [1.165, 1.54) is 0 Å². The van der Waals surface area contributed by atoms with Crippen molar-refractivity contribution in [1.29, 1.82) is 5.26 Å². The molecule has 1 saturated heterocycles. The largest absolute Gasteiger partial charge is 0.367 e. The van der Waals surface area contributed by atoms with E-state index < -0.39 is 0 Å². The molecule has 0 radical (unpaired) electrons. The molecule has 1 aliphatic rings. The summed E-state index contributed by atoms with van der Waals surface area (Å²) in [6.45, 7) is 6.01. The fraction of sp³-hybridized carbons (Fsp3) is 0.318. The molecule has 0 aliphatic carbocycles. The molecule has 1 fully saturated rings. The topological polar surface area (TPSA) is 126 Å². The first-order valence-electron chi connectivity index (χ1n) is 10.4. The molecule has 0 saturated carbocycles. The monoisotopic (exact) mass is 431 g/mol. The van der Waals surface area contributed by atoms with Gasteiger partial charge in [0, 0.05) is 57.9 Å². The molecule has 0 spiro atoms. The van der Waals surface area contributed by atoms with E-state index in [0.29, 0.717) is 5.95 Å². The third-order valence-electron chi connectivity index (χ3n) is 5.33. The average molecular weight is 432 g/mol. The highest BCUT2D eigenvalue weighted by atomic mass is 16.1. The van der Waals surface area contributed by atoms with Crippen LogP contribution >= 0.6 is 0 Å². The number of nitriles is 1. The number of nitrogens with zero attached hydrogens (tertiary/aromatic N) is 6. The molecular formula is C22H25N9O. The molecule has 4 heterocycles. The molecule has 0 aromatic carbocycles. The maximum absolute atomic E-state index is 11.8. The van der Waals surface area contributed by atoms with Crippen molar-refractivity contribution in [3.05, 3.63) is 59.3 Å². The highest BCUT2D eigenvalue weighted by Crippen LogP contribution is 2.22. The zero-order valence-electron chi connectivity index (χ0n) is 18.1. The van der Waals surface area contributed by atoms with E-state index in [1.807, 2.05) is 25.1 Å². The van der Waals surface area contributed by atoms with Gasteiger partial charge in [-0.05, 0) is 36.8 Å². The van der Waals surface area contributed by atoms with Gasteiger partial charge in [-0.25, -0.2) is 15.0 Å². The average Bonchev–Trinajstić information content (AvgIpc) is 3.23. The third-order valence-corrected chi connectivity index (χ3v) is 5.33. The van der Waals surface area contributed by atoms with E-state index >= 15 is 0 Å². The Labute approximate surface area is 186 Å². The summed E-state index contributed by atoms with van der Waals surface area (Å²) in [6.07, 6.45) is 3.56.